The SMILES string of the molecule is CC[C@@H](CC[S+](C)CC(=O)O)C(C)=O.[Cl-]. The van der Waals surface area contributed by atoms with Crippen molar-refractivity contribution in [3.8, 4) is 0 Å². The van der Waals surface area contributed by atoms with E-state index in [1.807, 2.05) is 13.2 Å². The van der Waals surface area contributed by atoms with E-state index in [-0.39, 0.29) is 40.8 Å². The highest BCUT2D eigenvalue weighted by molar-refractivity contribution is 7.96. The highest BCUT2D eigenvalue weighted by Crippen LogP contribution is 2.11. The molecule has 0 fully saturated rings. The summed E-state index contributed by atoms with van der Waals surface area (Å²) in [6.45, 7) is 3.61. The van der Waals surface area contributed by atoms with Gasteiger partial charge in [0.25, 0.3) is 0 Å². The van der Waals surface area contributed by atoms with Crippen LogP contribution in [-0.2, 0) is 20.5 Å². The number of carboxylic acid groups (broad SMARTS) is 1. The van der Waals surface area contributed by atoms with Gasteiger partial charge in [0.15, 0.2) is 0 Å². The Morgan fingerprint density at radius 2 is 1.93 bits per heavy atom. The van der Waals surface area contributed by atoms with Crippen molar-refractivity contribution < 1.29 is 27.1 Å². The van der Waals surface area contributed by atoms with E-state index in [4.69, 9.17) is 5.11 Å². The Bertz CT molecular complexity index is 209. The first-order valence-electron chi connectivity index (χ1n) is 4.78. The number of ketones is 1. The van der Waals surface area contributed by atoms with Crippen molar-refractivity contribution in [1.82, 2.24) is 0 Å². The molecule has 5 heteroatoms. The Morgan fingerprint density at radius 3 is 2.27 bits per heavy atom. The summed E-state index contributed by atoms with van der Waals surface area (Å²) in [5.74, 6) is 0.684. The summed E-state index contributed by atoms with van der Waals surface area (Å²) in [5.41, 5.74) is 0. The minimum Gasteiger partial charge on any atom is -1.00 e. The van der Waals surface area contributed by atoms with E-state index in [1.54, 1.807) is 6.92 Å². The highest BCUT2D eigenvalue weighted by Gasteiger charge is 2.20. The molecule has 0 aromatic rings. The molecule has 0 aliphatic heterocycles. The quantitative estimate of drug-likeness (QED) is 0.553. The van der Waals surface area contributed by atoms with Crippen LogP contribution in [0.25, 0.3) is 0 Å². The average molecular weight is 255 g/mol. The van der Waals surface area contributed by atoms with E-state index < -0.39 is 5.97 Å². The van der Waals surface area contributed by atoms with Crippen LogP contribution < -0.4 is 12.4 Å². The summed E-state index contributed by atoms with van der Waals surface area (Å²) < 4.78 is 0. The number of carboxylic acids is 1. The van der Waals surface area contributed by atoms with Gasteiger partial charge in [-0.1, -0.05) is 6.92 Å². The first-order valence-corrected chi connectivity index (χ1v) is 6.75. The maximum Gasteiger partial charge on any atom is 0.353 e. The molecule has 15 heavy (non-hydrogen) atoms. The van der Waals surface area contributed by atoms with Gasteiger partial charge in [0, 0.05) is 12.3 Å². The van der Waals surface area contributed by atoms with Crippen molar-refractivity contribution in [1.29, 1.82) is 0 Å². The first-order chi connectivity index (χ1) is 6.47. The second-order valence-electron chi connectivity index (χ2n) is 3.53. The lowest BCUT2D eigenvalue weighted by atomic mass is 10.00. The normalized spacial score (nSPS) is 13.8. The van der Waals surface area contributed by atoms with Gasteiger partial charge in [0.05, 0.1) is 6.26 Å². The van der Waals surface area contributed by atoms with Crippen LogP contribution in [0.4, 0.5) is 0 Å². The van der Waals surface area contributed by atoms with E-state index in [0.29, 0.717) is 0 Å². The maximum atomic E-state index is 11.1. The molecule has 0 aliphatic carbocycles. The van der Waals surface area contributed by atoms with Crippen molar-refractivity contribution in [2.45, 2.75) is 26.7 Å². The van der Waals surface area contributed by atoms with Crippen LogP contribution in [0.5, 0.6) is 0 Å². The molecule has 0 bridgehead atoms. The second-order valence-corrected chi connectivity index (χ2v) is 5.79. The van der Waals surface area contributed by atoms with Crippen molar-refractivity contribution in [3.05, 3.63) is 0 Å². The number of carbonyl (C=O) groups is 2. The van der Waals surface area contributed by atoms with Crippen LogP contribution in [0.15, 0.2) is 0 Å². The van der Waals surface area contributed by atoms with Gasteiger partial charge in [0.2, 0.25) is 5.75 Å². The van der Waals surface area contributed by atoms with Crippen LogP contribution >= 0.6 is 0 Å². The number of rotatable bonds is 7. The summed E-state index contributed by atoms with van der Waals surface area (Å²) in [4.78, 5) is 21.5. The third kappa shape index (κ3) is 8.75. The highest BCUT2D eigenvalue weighted by atomic mass is 35.5. The van der Waals surface area contributed by atoms with Gasteiger partial charge in [-0.05, 0) is 24.2 Å². The lowest BCUT2D eigenvalue weighted by Gasteiger charge is -2.09. The maximum absolute atomic E-state index is 11.1. The summed E-state index contributed by atoms with van der Waals surface area (Å²) in [5, 5.41) is 8.56. The molecule has 0 spiro atoms. The van der Waals surface area contributed by atoms with Gasteiger partial charge in [-0.2, -0.15) is 0 Å². The van der Waals surface area contributed by atoms with Crippen molar-refractivity contribution in [3.63, 3.8) is 0 Å². The molecule has 0 amide bonds. The van der Waals surface area contributed by atoms with Gasteiger partial charge in [-0.3, -0.25) is 4.79 Å². The number of Topliss-reactive ketones (excluding diaryl/α,β-unsaturated/α-hetero) is 1. The number of aliphatic carboxylic acids is 1. The third-order valence-corrected chi connectivity index (χ3v) is 3.92. The van der Waals surface area contributed by atoms with Crippen LogP contribution in [0.2, 0.25) is 0 Å². The molecule has 1 N–H and O–H groups in total. The number of hydrogen-bond donors (Lipinski definition) is 1. The molecular formula is C10H19ClO3S. The molecule has 0 aromatic heterocycles. The third-order valence-electron chi connectivity index (χ3n) is 2.25. The Hall–Kier alpha value is -0.220. The smallest absolute Gasteiger partial charge is 0.353 e. The van der Waals surface area contributed by atoms with Crippen molar-refractivity contribution in [2.75, 3.05) is 17.8 Å². The molecule has 90 valence electrons. The number of halogens is 1. The fourth-order valence-electron chi connectivity index (χ4n) is 1.32. The summed E-state index contributed by atoms with van der Waals surface area (Å²) in [6, 6.07) is 0. The van der Waals surface area contributed by atoms with Gasteiger partial charge in [-0.15, -0.1) is 0 Å². The molecule has 0 aliphatic rings. The predicted octanol–water partition coefficient (Wildman–Crippen LogP) is -1.67. The van der Waals surface area contributed by atoms with Gasteiger partial charge in [0.1, 0.15) is 11.5 Å². The van der Waals surface area contributed by atoms with E-state index in [1.165, 1.54) is 0 Å². The Morgan fingerprint density at radius 1 is 1.40 bits per heavy atom. The van der Waals surface area contributed by atoms with Crippen LogP contribution in [0.1, 0.15) is 26.7 Å². The van der Waals surface area contributed by atoms with E-state index in [2.05, 4.69) is 0 Å². The zero-order chi connectivity index (χ0) is 11.1. The zero-order valence-corrected chi connectivity index (χ0v) is 11.0. The molecule has 0 heterocycles. The summed E-state index contributed by atoms with van der Waals surface area (Å²) in [6.07, 6.45) is 3.64. The van der Waals surface area contributed by atoms with Crippen LogP contribution in [-0.4, -0.2) is 34.6 Å². The fourth-order valence-corrected chi connectivity index (χ4v) is 2.57. The molecule has 0 saturated carbocycles. The largest absolute Gasteiger partial charge is 1.00 e. The van der Waals surface area contributed by atoms with Gasteiger partial charge >= 0.3 is 5.97 Å². The lowest BCUT2D eigenvalue weighted by Crippen LogP contribution is -3.00. The molecule has 0 saturated heterocycles. The molecule has 1 unspecified atom stereocenters. The molecule has 0 rings (SSSR count). The lowest BCUT2D eigenvalue weighted by molar-refractivity contribution is -0.134. The standard InChI is InChI=1S/C10H18O3S.ClH/c1-4-9(8(2)11)5-6-14(3)7-10(12)13;/h9H,4-7H2,1-3H3;1H/t9-,14?;/m0./s1. The molecular weight excluding hydrogens is 236 g/mol. The first kappa shape index (κ1) is 17.2. The Balaban J connectivity index is 0. The molecule has 0 aromatic carbocycles. The average Bonchev–Trinajstić information content (AvgIpc) is 2.03. The van der Waals surface area contributed by atoms with Gasteiger partial charge < -0.3 is 17.5 Å². The molecule has 2 atom stereocenters. The topological polar surface area (TPSA) is 54.4 Å². The minimum absolute atomic E-state index is 0. The van der Waals surface area contributed by atoms with Crippen LogP contribution in [0.3, 0.4) is 0 Å². The zero-order valence-electron chi connectivity index (χ0n) is 9.46. The summed E-state index contributed by atoms with van der Waals surface area (Å²) in [7, 11) is -0.0906. The Labute approximate surface area is 100 Å². The number of hydrogen-bond acceptors (Lipinski definition) is 2. The molecule has 3 nitrogen and oxygen atoms in total. The molecule has 0 radical (unpaired) electrons. The van der Waals surface area contributed by atoms with Crippen molar-refractivity contribution >= 4 is 22.6 Å². The fraction of sp³-hybridized carbons (Fsp3) is 0.800. The minimum atomic E-state index is -0.744. The summed E-state index contributed by atoms with van der Waals surface area (Å²) >= 11 is 0. The monoisotopic (exact) mass is 254 g/mol. The van der Waals surface area contributed by atoms with E-state index in [9.17, 15) is 9.59 Å². The predicted molar refractivity (Wildman–Crippen MR) is 59.7 cm³/mol. The van der Waals surface area contributed by atoms with E-state index >= 15 is 0 Å². The van der Waals surface area contributed by atoms with Crippen molar-refractivity contribution in [2.24, 2.45) is 5.92 Å². The number of carbonyl (C=O) groups excluding carboxylic acids is 1. The van der Waals surface area contributed by atoms with Crippen LogP contribution in [0, 0.1) is 5.92 Å². The Kier molecular flexibility index (Phi) is 10.4. The van der Waals surface area contributed by atoms with Gasteiger partial charge in [-0.25, -0.2) is 4.79 Å². The second kappa shape index (κ2) is 9.04. The van der Waals surface area contributed by atoms with E-state index in [0.717, 1.165) is 18.6 Å².